The molecular formula is C13H18N+. The summed E-state index contributed by atoms with van der Waals surface area (Å²) in [7, 11) is 0. The average molecular weight is 188 g/mol. The molecule has 1 heteroatoms. The third-order valence-electron chi connectivity index (χ3n) is 2.16. The van der Waals surface area contributed by atoms with E-state index in [9.17, 15) is 0 Å². The SMILES string of the molecule is C=CC[NH+](CC=C)Cc1ccccc1. The second-order valence-electron chi connectivity index (χ2n) is 3.40. The molecule has 0 aliphatic heterocycles. The Hall–Kier alpha value is -1.34. The molecule has 0 bridgehead atoms. The summed E-state index contributed by atoms with van der Waals surface area (Å²) in [6.07, 6.45) is 3.92. The van der Waals surface area contributed by atoms with Gasteiger partial charge < -0.3 is 4.90 Å². The third kappa shape index (κ3) is 3.58. The second kappa shape index (κ2) is 6.17. The number of hydrogen-bond acceptors (Lipinski definition) is 0. The molecular weight excluding hydrogens is 170 g/mol. The predicted octanol–water partition coefficient (Wildman–Crippen LogP) is 1.44. The van der Waals surface area contributed by atoms with Crippen molar-refractivity contribution in [2.75, 3.05) is 13.1 Å². The van der Waals surface area contributed by atoms with Crippen molar-refractivity contribution in [3.05, 3.63) is 61.2 Å². The Balaban J connectivity index is 2.54. The van der Waals surface area contributed by atoms with Crippen molar-refractivity contribution in [2.45, 2.75) is 6.54 Å². The van der Waals surface area contributed by atoms with Gasteiger partial charge in [-0.3, -0.25) is 0 Å². The van der Waals surface area contributed by atoms with Gasteiger partial charge in [0.2, 0.25) is 0 Å². The van der Waals surface area contributed by atoms with E-state index in [0.717, 1.165) is 19.6 Å². The molecule has 0 aliphatic carbocycles. The van der Waals surface area contributed by atoms with Gasteiger partial charge in [-0.05, 0) is 12.2 Å². The standard InChI is InChI=1S/C13H17N/c1-3-10-14(11-4-2)12-13-8-6-5-7-9-13/h3-9H,1-2,10-12H2/p+1. The van der Waals surface area contributed by atoms with Crippen LogP contribution in [0.2, 0.25) is 0 Å². The molecule has 0 saturated heterocycles. The fraction of sp³-hybridized carbons (Fsp3) is 0.231. The minimum atomic E-state index is 0.987. The van der Waals surface area contributed by atoms with Gasteiger partial charge in [-0.15, -0.1) is 0 Å². The van der Waals surface area contributed by atoms with E-state index < -0.39 is 0 Å². The van der Waals surface area contributed by atoms with Crippen molar-refractivity contribution in [1.29, 1.82) is 0 Å². The Labute approximate surface area is 86.4 Å². The lowest BCUT2D eigenvalue weighted by Crippen LogP contribution is -3.10. The van der Waals surface area contributed by atoms with Crippen molar-refractivity contribution in [3.8, 4) is 0 Å². The molecule has 0 aromatic heterocycles. The molecule has 0 saturated carbocycles. The van der Waals surface area contributed by atoms with Crippen LogP contribution in [0.3, 0.4) is 0 Å². The summed E-state index contributed by atoms with van der Waals surface area (Å²) in [6.45, 7) is 10.6. The molecule has 0 fully saturated rings. The van der Waals surface area contributed by atoms with Crippen LogP contribution in [0.15, 0.2) is 55.6 Å². The highest BCUT2D eigenvalue weighted by molar-refractivity contribution is 5.13. The van der Waals surface area contributed by atoms with Crippen LogP contribution in [0.1, 0.15) is 5.56 Å². The van der Waals surface area contributed by atoms with E-state index in [4.69, 9.17) is 0 Å². The van der Waals surface area contributed by atoms with Crippen molar-refractivity contribution in [2.24, 2.45) is 0 Å². The lowest BCUT2D eigenvalue weighted by Gasteiger charge is -2.15. The van der Waals surface area contributed by atoms with Crippen molar-refractivity contribution >= 4 is 0 Å². The highest BCUT2D eigenvalue weighted by atomic mass is 15.1. The van der Waals surface area contributed by atoms with E-state index in [1.165, 1.54) is 10.5 Å². The quantitative estimate of drug-likeness (QED) is 0.644. The van der Waals surface area contributed by atoms with Crippen LogP contribution in [0.4, 0.5) is 0 Å². The van der Waals surface area contributed by atoms with E-state index >= 15 is 0 Å². The minimum absolute atomic E-state index is 0.987. The molecule has 1 N–H and O–H groups in total. The van der Waals surface area contributed by atoms with Gasteiger partial charge in [0, 0.05) is 5.56 Å². The van der Waals surface area contributed by atoms with Gasteiger partial charge in [0.05, 0.1) is 13.1 Å². The molecule has 1 aromatic carbocycles. The highest BCUT2D eigenvalue weighted by Gasteiger charge is 2.04. The summed E-state index contributed by atoms with van der Waals surface area (Å²) in [6, 6.07) is 10.5. The molecule has 0 unspecified atom stereocenters. The molecule has 1 aromatic rings. The predicted molar refractivity (Wildman–Crippen MR) is 61.2 cm³/mol. The molecule has 74 valence electrons. The molecule has 0 atom stereocenters. The number of benzene rings is 1. The summed E-state index contributed by atoms with van der Waals surface area (Å²) in [5, 5.41) is 0. The number of rotatable bonds is 6. The van der Waals surface area contributed by atoms with Gasteiger partial charge >= 0.3 is 0 Å². The highest BCUT2D eigenvalue weighted by Crippen LogP contribution is 1.94. The summed E-state index contributed by atoms with van der Waals surface area (Å²) in [4.78, 5) is 1.47. The summed E-state index contributed by atoms with van der Waals surface area (Å²) in [5.41, 5.74) is 1.37. The average Bonchev–Trinajstić information content (AvgIpc) is 2.20. The van der Waals surface area contributed by atoms with Crippen LogP contribution in [0.5, 0.6) is 0 Å². The van der Waals surface area contributed by atoms with E-state index in [1.807, 2.05) is 18.2 Å². The lowest BCUT2D eigenvalue weighted by atomic mass is 10.2. The van der Waals surface area contributed by atoms with Crippen molar-refractivity contribution in [3.63, 3.8) is 0 Å². The monoisotopic (exact) mass is 188 g/mol. The van der Waals surface area contributed by atoms with Crippen molar-refractivity contribution in [1.82, 2.24) is 0 Å². The fourth-order valence-corrected chi connectivity index (χ4v) is 1.52. The number of quaternary nitrogens is 1. The molecule has 0 radical (unpaired) electrons. The molecule has 0 spiro atoms. The van der Waals surface area contributed by atoms with E-state index in [1.54, 1.807) is 0 Å². The summed E-state index contributed by atoms with van der Waals surface area (Å²) in [5.74, 6) is 0. The smallest absolute Gasteiger partial charge is 0.103 e. The Kier molecular flexibility index (Phi) is 4.73. The van der Waals surface area contributed by atoms with Gasteiger partial charge in [-0.2, -0.15) is 0 Å². The van der Waals surface area contributed by atoms with Crippen LogP contribution in [-0.2, 0) is 6.54 Å². The van der Waals surface area contributed by atoms with Gasteiger partial charge in [-0.25, -0.2) is 0 Å². The molecule has 1 rings (SSSR count). The number of hydrogen-bond donors (Lipinski definition) is 1. The van der Waals surface area contributed by atoms with Crippen LogP contribution < -0.4 is 4.90 Å². The minimum Gasteiger partial charge on any atom is -0.325 e. The van der Waals surface area contributed by atoms with Gasteiger partial charge in [0.25, 0.3) is 0 Å². The molecule has 0 amide bonds. The lowest BCUT2D eigenvalue weighted by molar-refractivity contribution is -0.902. The normalized spacial score (nSPS) is 10.1. The first-order chi connectivity index (χ1) is 6.86. The van der Waals surface area contributed by atoms with Crippen LogP contribution in [0.25, 0.3) is 0 Å². The third-order valence-corrected chi connectivity index (χ3v) is 2.16. The van der Waals surface area contributed by atoms with E-state index in [2.05, 4.69) is 37.4 Å². The number of nitrogens with one attached hydrogen (secondary N) is 1. The second-order valence-corrected chi connectivity index (χ2v) is 3.40. The Morgan fingerprint density at radius 2 is 1.57 bits per heavy atom. The maximum Gasteiger partial charge on any atom is 0.103 e. The topological polar surface area (TPSA) is 4.44 Å². The Bertz CT molecular complexity index is 267. The maximum absolute atomic E-state index is 3.77. The molecule has 1 nitrogen and oxygen atoms in total. The Morgan fingerprint density at radius 3 is 2.07 bits per heavy atom. The molecule has 14 heavy (non-hydrogen) atoms. The zero-order valence-corrected chi connectivity index (χ0v) is 8.58. The van der Waals surface area contributed by atoms with Crippen molar-refractivity contribution < 1.29 is 4.90 Å². The van der Waals surface area contributed by atoms with Gasteiger partial charge in [0.15, 0.2) is 0 Å². The van der Waals surface area contributed by atoms with E-state index in [-0.39, 0.29) is 0 Å². The Morgan fingerprint density at radius 1 is 1.00 bits per heavy atom. The summed E-state index contributed by atoms with van der Waals surface area (Å²) < 4.78 is 0. The first kappa shape index (κ1) is 10.7. The van der Waals surface area contributed by atoms with Crippen LogP contribution >= 0.6 is 0 Å². The maximum atomic E-state index is 3.77. The zero-order valence-electron chi connectivity index (χ0n) is 8.58. The van der Waals surface area contributed by atoms with Crippen LogP contribution in [-0.4, -0.2) is 13.1 Å². The largest absolute Gasteiger partial charge is 0.325 e. The van der Waals surface area contributed by atoms with Gasteiger partial charge in [0.1, 0.15) is 6.54 Å². The molecule has 0 heterocycles. The van der Waals surface area contributed by atoms with Gasteiger partial charge in [-0.1, -0.05) is 43.5 Å². The van der Waals surface area contributed by atoms with Crippen LogP contribution in [0, 0.1) is 0 Å². The van der Waals surface area contributed by atoms with E-state index in [0.29, 0.717) is 0 Å². The summed E-state index contributed by atoms with van der Waals surface area (Å²) >= 11 is 0. The fourth-order valence-electron chi connectivity index (χ4n) is 1.52. The first-order valence-corrected chi connectivity index (χ1v) is 4.96. The molecule has 0 aliphatic rings. The first-order valence-electron chi connectivity index (χ1n) is 4.96. The zero-order chi connectivity index (χ0) is 10.2.